The van der Waals surface area contributed by atoms with Crippen molar-refractivity contribution in [1.82, 2.24) is 9.78 Å². The summed E-state index contributed by atoms with van der Waals surface area (Å²) < 4.78 is 13.9. The number of hydrogen-bond acceptors (Lipinski definition) is 3. The second-order valence-electron chi connectivity index (χ2n) is 4.77. The van der Waals surface area contributed by atoms with E-state index in [9.17, 15) is 0 Å². The molecule has 1 aromatic carbocycles. The molecule has 1 atom stereocenters. The third kappa shape index (κ3) is 2.42. The highest BCUT2D eigenvalue weighted by atomic mass is 127. The quantitative estimate of drug-likeness (QED) is 0.718. The Balaban J connectivity index is 2.11. The molecule has 4 nitrogen and oxygen atoms in total. The van der Waals surface area contributed by atoms with Gasteiger partial charge in [-0.25, -0.2) is 4.68 Å². The SMILES string of the molecule is COc1cc(-n2nc(I)c3c2C[C@H](C)OC3)ccc1Cl. The maximum Gasteiger partial charge on any atom is 0.139 e. The highest BCUT2D eigenvalue weighted by Gasteiger charge is 2.24. The van der Waals surface area contributed by atoms with Gasteiger partial charge in [0.15, 0.2) is 0 Å². The lowest BCUT2D eigenvalue weighted by Gasteiger charge is -2.21. The van der Waals surface area contributed by atoms with Crippen LogP contribution in [0.3, 0.4) is 0 Å². The van der Waals surface area contributed by atoms with Crippen molar-refractivity contribution in [2.45, 2.75) is 26.1 Å². The number of hydrogen-bond donors (Lipinski definition) is 0. The van der Waals surface area contributed by atoms with Crippen LogP contribution < -0.4 is 4.74 Å². The summed E-state index contributed by atoms with van der Waals surface area (Å²) in [5, 5.41) is 5.23. The van der Waals surface area contributed by atoms with Gasteiger partial charge >= 0.3 is 0 Å². The number of nitrogens with zero attached hydrogens (tertiary/aromatic N) is 2. The number of ether oxygens (including phenoxy) is 2. The number of fused-ring (bicyclic) bond motifs is 1. The normalized spacial score (nSPS) is 17.9. The molecule has 0 fully saturated rings. The van der Waals surface area contributed by atoms with Crippen molar-refractivity contribution in [2.75, 3.05) is 7.11 Å². The molecule has 1 aromatic heterocycles. The summed E-state index contributed by atoms with van der Waals surface area (Å²) in [6.07, 6.45) is 1.07. The molecule has 1 aliphatic heterocycles. The average Bonchev–Trinajstić information content (AvgIpc) is 2.76. The first-order chi connectivity index (χ1) is 9.60. The van der Waals surface area contributed by atoms with E-state index in [1.165, 1.54) is 11.3 Å². The van der Waals surface area contributed by atoms with Crippen LogP contribution in [0.25, 0.3) is 5.69 Å². The predicted molar refractivity (Wildman–Crippen MR) is 85.8 cm³/mol. The van der Waals surface area contributed by atoms with Crippen molar-refractivity contribution in [1.29, 1.82) is 0 Å². The van der Waals surface area contributed by atoms with Gasteiger partial charge in [0.05, 0.1) is 36.2 Å². The molecule has 0 amide bonds. The summed E-state index contributed by atoms with van der Waals surface area (Å²) in [4.78, 5) is 0. The Kier molecular flexibility index (Phi) is 3.92. The van der Waals surface area contributed by atoms with Crippen molar-refractivity contribution in [2.24, 2.45) is 0 Å². The Bertz CT molecular complexity index is 657. The van der Waals surface area contributed by atoms with Crippen molar-refractivity contribution in [3.05, 3.63) is 38.2 Å². The van der Waals surface area contributed by atoms with Crippen LogP contribution in [-0.2, 0) is 17.8 Å². The molecule has 0 N–H and O–H groups in total. The van der Waals surface area contributed by atoms with Gasteiger partial charge in [-0.05, 0) is 41.6 Å². The number of aromatic nitrogens is 2. The summed E-state index contributed by atoms with van der Waals surface area (Å²) >= 11 is 8.33. The molecule has 2 aromatic rings. The fourth-order valence-electron chi connectivity index (χ4n) is 2.36. The first kappa shape index (κ1) is 14.2. The molecule has 6 heteroatoms. The van der Waals surface area contributed by atoms with Crippen LogP contribution in [0.2, 0.25) is 5.02 Å². The number of halogens is 2. The van der Waals surface area contributed by atoms with E-state index in [-0.39, 0.29) is 6.10 Å². The summed E-state index contributed by atoms with van der Waals surface area (Å²) in [7, 11) is 1.61. The molecule has 0 saturated carbocycles. The third-order valence-electron chi connectivity index (χ3n) is 3.41. The Hall–Kier alpha value is -0.790. The smallest absolute Gasteiger partial charge is 0.139 e. The van der Waals surface area contributed by atoms with Gasteiger partial charge in [-0.2, -0.15) is 5.10 Å². The van der Waals surface area contributed by atoms with Crippen LogP contribution in [-0.4, -0.2) is 23.0 Å². The van der Waals surface area contributed by atoms with E-state index in [0.717, 1.165) is 15.8 Å². The van der Waals surface area contributed by atoms with Crippen LogP contribution in [0.4, 0.5) is 0 Å². The lowest BCUT2D eigenvalue weighted by molar-refractivity contribution is 0.0395. The zero-order valence-corrected chi connectivity index (χ0v) is 14.1. The topological polar surface area (TPSA) is 36.3 Å². The van der Waals surface area contributed by atoms with Gasteiger partial charge in [0.1, 0.15) is 9.45 Å². The molecule has 106 valence electrons. The number of rotatable bonds is 2. The largest absolute Gasteiger partial charge is 0.495 e. The minimum atomic E-state index is 0.211. The molecule has 0 radical (unpaired) electrons. The van der Waals surface area contributed by atoms with Gasteiger partial charge in [-0.15, -0.1) is 0 Å². The molecule has 0 bridgehead atoms. The molecule has 20 heavy (non-hydrogen) atoms. The maximum atomic E-state index is 6.08. The van der Waals surface area contributed by atoms with E-state index < -0.39 is 0 Å². The van der Waals surface area contributed by atoms with Gasteiger partial charge in [0.25, 0.3) is 0 Å². The van der Waals surface area contributed by atoms with Gasteiger partial charge < -0.3 is 9.47 Å². The first-order valence-corrected chi connectivity index (χ1v) is 7.77. The second-order valence-corrected chi connectivity index (χ2v) is 6.20. The molecule has 0 spiro atoms. The van der Waals surface area contributed by atoms with Crippen molar-refractivity contribution >= 4 is 34.2 Å². The maximum absolute atomic E-state index is 6.08. The van der Waals surface area contributed by atoms with E-state index in [2.05, 4.69) is 34.6 Å². The average molecular weight is 405 g/mol. The lowest BCUT2D eigenvalue weighted by Crippen LogP contribution is -2.21. The second kappa shape index (κ2) is 5.54. The van der Waals surface area contributed by atoms with Gasteiger partial charge in [0, 0.05) is 18.1 Å². The van der Waals surface area contributed by atoms with E-state index in [1.54, 1.807) is 7.11 Å². The molecular weight excluding hydrogens is 391 g/mol. The standard InChI is InChI=1S/C14H14ClIN2O2/c1-8-5-12-10(7-20-8)14(16)17-18(12)9-3-4-11(15)13(6-9)19-2/h3-4,6,8H,5,7H2,1-2H3/t8-/m0/s1. The first-order valence-electron chi connectivity index (χ1n) is 6.32. The predicted octanol–water partition coefficient (Wildman–Crippen LogP) is 3.60. The van der Waals surface area contributed by atoms with Crippen molar-refractivity contribution in [3.63, 3.8) is 0 Å². The Labute approximate surface area is 136 Å². The zero-order chi connectivity index (χ0) is 14.3. The van der Waals surface area contributed by atoms with Crippen LogP contribution in [0.15, 0.2) is 18.2 Å². The highest BCUT2D eigenvalue weighted by Crippen LogP contribution is 2.31. The summed E-state index contributed by atoms with van der Waals surface area (Å²) in [6.45, 7) is 2.70. The third-order valence-corrected chi connectivity index (χ3v) is 4.59. The molecular formula is C14H14ClIN2O2. The van der Waals surface area contributed by atoms with Crippen molar-refractivity contribution in [3.8, 4) is 11.4 Å². The van der Waals surface area contributed by atoms with Gasteiger partial charge in [0.2, 0.25) is 0 Å². The fourth-order valence-corrected chi connectivity index (χ4v) is 3.24. The molecule has 0 saturated heterocycles. The van der Waals surface area contributed by atoms with E-state index in [1.807, 2.05) is 22.9 Å². The molecule has 0 unspecified atom stereocenters. The van der Waals surface area contributed by atoms with E-state index >= 15 is 0 Å². The van der Waals surface area contributed by atoms with Crippen molar-refractivity contribution < 1.29 is 9.47 Å². The van der Waals surface area contributed by atoms with E-state index in [0.29, 0.717) is 17.4 Å². The fraction of sp³-hybridized carbons (Fsp3) is 0.357. The number of methoxy groups -OCH3 is 1. The molecule has 1 aliphatic rings. The molecule has 2 heterocycles. The van der Waals surface area contributed by atoms with Crippen LogP contribution >= 0.6 is 34.2 Å². The van der Waals surface area contributed by atoms with Crippen LogP contribution in [0, 0.1) is 3.70 Å². The number of benzene rings is 1. The minimum absolute atomic E-state index is 0.211. The summed E-state index contributed by atoms with van der Waals surface area (Å²) in [6, 6.07) is 5.69. The van der Waals surface area contributed by atoms with Gasteiger partial charge in [-0.3, -0.25) is 0 Å². The van der Waals surface area contributed by atoms with Crippen LogP contribution in [0.1, 0.15) is 18.2 Å². The zero-order valence-electron chi connectivity index (χ0n) is 11.2. The minimum Gasteiger partial charge on any atom is -0.495 e. The Morgan fingerprint density at radius 1 is 1.50 bits per heavy atom. The summed E-state index contributed by atoms with van der Waals surface area (Å²) in [5.74, 6) is 0.656. The van der Waals surface area contributed by atoms with E-state index in [4.69, 9.17) is 21.1 Å². The Morgan fingerprint density at radius 3 is 3.05 bits per heavy atom. The van der Waals surface area contributed by atoms with Gasteiger partial charge in [-0.1, -0.05) is 11.6 Å². The molecule has 0 aliphatic carbocycles. The Morgan fingerprint density at radius 2 is 2.30 bits per heavy atom. The molecule has 3 rings (SSSR count). The lowest BCUT2D eigenvalue weighted by atomic mass is 10.1. The highest BCUT2D eigenvalue weighted by molar-refractivity contribution is 14.1. The van der Waals surface area contributed by atoms with Crippen LogP contribution in [0.5, 0.6) is 5.75 Å². The monoisotopic (exact) mass is 404 g/mol. The summed E-state index contributed by atoms with van der Waals surface area (Å²) in [5.41, 5.74) is 3.34.